The molecule has 4 heteroatoms. The molecule has 2 atom stereocenters. The van der Waals surface area contributed by atoms with Crippen LogP contribution in [0.2, 0.25) is 0 Å². The van der Waals surface area contributed by atoms with E-state index in [4.69, 9.17) is 0 Å². The van der Waals surface area contributed by atoms with Gasteiger partial charge in [-0.25, -0.2) is 0 Å². The van der Waals surface area contributed by atoms with Crippen LogP contribution in [-0.2, 0) is 4.79 Å². The number of aliphatic hydroxyl groups excluding tert-OH is 1. The van der Waals surface area contributed by atoms with E-state index in [-0.39, 0.29) is 11.9 Å². The summed E-state index contributed by atoms with van der Waals surface area (Å²) >= 11 is 1.94. The van der Waals surface area contributed by atoms with E-state index in [1.54, 1.807) is 6.08 Å². The summed E-state index contributed by atoms with van der Waals surface area (Å²) in [5, 5.41) is 13.1. The Morgan fingerprint density at radius 1 is 1.33 bits per heavy atom. The zero-order chi connectivity index (χ0) is 15.1. The van der Waals surface area contributed by atoms with Gasteiger partial charge in [0.25, 0.3) is 0 Å². The highest BCUT2D eigenvalue weighted by Gasteiger charge is 2.14. The third-order valence-corrected chi connectivity index (χ3v) is 4.61. The zero-order valence-electron chi connectivity index (χ0n) is 12.4. The van der Waals surface area contributed by atoms with E-state index >= 15 is 0 Å². The van der Waals surface area contributed by atoms with Gasteiger partial charge in [-0.1, -0.05) is 35.9 Å². The molecule has 2 unspecified atom stereocenters. The molecule has 21 heavy (non-hydrogen) atoms. The highest BCUT2D eigenvalue weighted by Crippen LogP contribution is 2.22. The average Bonchev–Trinajstić information content (AvgIpc) is 2.48. The van der Waals surface area contributed by atoms with E-state index in [1.807, 2.05) is 49.0 Å². The van der Waals surface area contributed by atoms with Gasteiger partial charge in [-0.2, -0.15) is 11.8 Å². The summed E-state index contributed by atoms with van der Waals surface area (Å²) in [6.07, 6.45) is 3.75. The minimum absolute atomic E-state index is 0.0374. The number of allylic oxidation sites excluding steroid dienone is 1. The SMILES string of the molecule is CC(CC(O)c1ccccc1)NC(=O)C=C1CCSCC1. The fourth-order valence-electron chi connectivity index (χ4n) is 2.45. The Labute approximate surface area is 130 Å². The van der Waals surface area contributed by atoms with Gasteiger partial charge in [0.1, 0.15) is 0 Å². The highest BCUT2D eigenvalue weighted by atomic mass is 32.2. The summed E-state index contributed by atoms with van der Waals surface area (Å²) in [6.45, 7) is 1.93. The van der Waals surface area contributed by atoms with Crippen molar-refractivity contribution >= 4 is 17.7 Å². The minimum Gasteiger partial charge on any atom is -0.388 e. The fraction of sp³-hybridized carbons (Fsp3) is 0.471. The summed E-state index contributed by atoms with van der Waals surface area (Å²) < 4.78 is 0. The molecule has 2 N–H and O–H groups in total. The molecule has 0 bridgehead atoms. The number of amides is 1. The van der Waals surface area contributed by atoms with Crippen LogP contribution in [0.25, 0.3) is 0 Å². The molecule has 0 saturated carbocycles. The van der Waals surface area contributed by atoms with Crippen LogP contribution in [0.4, 0.5) is 0 Å². The van der Waals surface area contributed by atoms with E-state index in [2.05, 4.69) is 5.32 Å². The van der Waals surface area contributed by atoms with E-state index < -0.39 is 6.10 Å². The van der Waals surface area contributed by atoms with E-state index in [0.717, 1.165) is 29.9 Å². The molecule has 3 nitrogen and oxygen atoms in total. The van der Waals surface area contributed by atoms with Crippen molar-refractivity contribution < 1.29 is 9.90 Å². The Morgan fingerprint density at radius 2 is 2.00 bits per heavy atom. The van der Waals surface area contributed by atoms with Crippen LogP contribution in [0.15, 0.2) is 42.0 Å². The van der Waals surface area contributed by atoms with Gasteiger partial charge in [0, 0.05) is 12.1 Å². The van der Waals surface area contributed by atoms with Crippen LogP contribution in [0.5, 0.6) is 0 Å². The maximum Gasteiger partial charge on any atom is 0.244 e. The lowest BCUT2D eigenvalue weighted by Gasteiger charge is -2.18. The van der Waals surface area contributed by atoms with Crippen LogP contribution in [0.3, 0.4) is 0 Å². The first-order valence-electron chi connectivity index (χ1n) is 7.46. The van der Waals surface area contributed by atoms with Crippen molar-refractivity contribution in [3.05, 3.63) is 47.5 Å². The third kappa shape index (κ3) is 5.56. The summed E-state index contributed by atoms with van der Waals surface area (Å²) in [7, 11) is 0. The Hall–Kier alpha value is -1.26. The van der Waals surface area contributed by atoms with E-state index in [1.165, 1.54) is 5.57 Å². The molecule has 1 heterocycles. The summed E-state index contributed by atoms with van der Waals surface area (Å²) in [6, 6.07) is 9.50. The molecule has 0 aromatic heterocycles. The van der Waals surface area contributed by atoms with Gasteiger partial charge in [-0.05, 0) is 43.3 Å². The fourth-order valence-corrected chi connectivity index (χ4v) is 3.47. The van der Waals surface area contributed by atoms with Crippen molar-refractivity contribution in [1.82, 2.24) is 5.32 Å². The largest absolute Gasteiger partial charge is 0.388 e. The molecule has 1 saturated heterocycles. The number of benzene rings is 1. The van der Waals surface area contributed by atoms with Crippen molar-refractivity contribution in [3.8, 4) is 0 Å². The van der Waals surface area contributed by atoms with Crippen LogP contribution < -0.4 is 5.32 Å². The second kappa shape index (κ2) is 8.25. The molecular formula is C17H23NO2S. The average molecular weight is 305 g/mol. The Morgan fingerprint density at radius 3 is 2.67 bits per heavy atom. The standard InChI is InChI=1S/C17H23NO2S/c1-13(11-16(19)15-5-3-2-4-6-15)18-17(20)12-14-7-9-21-10-8-14/h2-6,12-13,16,19H,7-11H2,1H3,(H,18,20). The Kier molecular flexibility index (Phi) is 6.33. The predicted octanol–water partition coefficient (Wildman–Crippen LogP) is 3.07. The number of rotatable bonds is 5. The van der Waals surface area contributed by atoms with Crippen LogP contribution >= 0.6 is 11.8 Å². The molecule has 2 rings (SSSR count). The first-order valence-corrected chi connectivity index (χ1v) is 8.61. The number of carbonyl (C=O) groups excluding carboxylic acids is 1. The topological polar surface area (TPSA) is 49.3 Å². The van der Waals surface area contributed by atoms with E-state index in [0.29, 0.717) is 6.42 Å². The molecule has 1 aliphatic rings. The van der Waals surface area contributed by atoms with Gasteiger partial charge < -0.3 is 10.4 Å². The van der Waals surface area contributed by atoms with Crippen molar-refractivity contribution in [2.45, 2.75) is 38.3 Å². The lowest BCUT2D eigenvalue weighted by molar-refractivity contribution is -0.117. The van der Waals surface area contributed by atoms with Crippen LogP contribution in [-0.4, -0.2) is 28.6 Å². The van der Waals surface area contributed by atoms with Crippen molar-refractivity contribution in [2.75, 3.05) is 11.5 Å². The molecule has 1 aliphatic heterocycles. The summed E-state index contributed by atoms with van der Waals surface area (Å²) in [5.74, 6) is 2.19. The lowest BCUT2D eigenvalue weighted by Crippen LogP contribution is -2.32. The Balaban J connectivity index is 1.81. The van der Waals surface area contributed by atoms with Gasteiger partial charge in [-0.15, -0.1) is 0 Å². The van der Waals surface area contributed by atoms with Gasteiger partial charge in [0.05, 0.1) is 6.10 Å². The summed E-state index contributed by atoms with van der Waals surface area (Å²) in [5.41, 5.74) is 2.13. The highest BCUT2D eigenvalue weighted by molar-refractivity contribution is 7.99. The first kappa shape index (κ1) is 16.1. The first-order chi connectivity index (χ1) is 10.1. The molecular weight excluding hydrogens is 282 g/mol. The molecule has 1 fully saturated rings. The molecule has 114 valence electrons. The quantitative estimate of drug-likeness (QED) is 0.822. The lowest BCUT2D eigenvalue weighted by atomic mass is 10.0. The van der Waals surface area contributed by atoms with Crippen LogP contribution in [0.1, 0.15) is 37.9 Å². The van der Waals surface area contributed by atoms with Crippen molar-refractivity contribution in [2.24, 2.45) is 0 Å². The van der Waals surface area contributed by atoms with Crippen molar-refractivity contribution in [3.63, 3.8) is 0 Å². The van der Waals surface area contributed by atoms with Crippen molar-refractivity contribution in [1.29, 1.82) is 0 Å². The normalized spacial score (nSPS) is 17.9. The second-order valence-electron chi connectivity index (χ2n) is 5.49. The summed E-state index contributed by atoms with van der Waals surface area (Å²) in [4.78, 5) is 12.0. The number of thioether (sulfide) groups is 1. The third-order valence-electron chi connectivity index (χ3n) is 3.62. The minimum atomic E-state index is -0.541. The number of hydrogen-bond donors (Lipinski definition) is 2. The molecule has 1 aromatic carbocycles. The molecule has 0 spiro atoms. The van der Waals surface area contributed by atoms with Gasteiger partial charge >= 0.3 is 0 Å². The molecule has 1 amide bonds. The van der Waals surface area contributed by atoms with Gasteiger partial charge in [0.2, 0.25) is 5.91 Å². The van der Waals surface area contributed by atoms with E-state index in [9.17, 15) is 9.90 Å². The number of carbonyl (C=O) groups is 1. The number of aliphatic hydroxyl groups is 1. The molecule has 0 aliphatic carbocycles. The molecule has 1 aromatic rings. The molecule has 0 radical (unpaired) electrons. The monoisotopic (exact) mass is 305 g/mol. The zero-order valence-corrected chi connectivity index (χ0v) is 13.2. The second-order valence-corrected chi connectivity index (χ2v) is 6.71. The maximum absolute atomic E-state index is 12.0. The van der Waals surface area contributed by atoms with Gasteiger partial charge in [-0.3, -0.25) is 4.79 Å². The smallest absolute Gasteiger partial charge is 0.244 e. The van der Waals surface area contributed by atoms with Crippen LogP contribution in [0, 0.1) is 0 Å². The van der Waals surface area contributed by atoms with Gasteiger partial charge in [0.15, 0.2) is 0 Å². The predicted molar refractivity (Wildman–Crippen MR) is 88.3 cm³/mol. The Bertz CT molecular complexity index is 479. The maximum atomic E-state index is 12.0. The number of hydrogen-bond acceptors (Lipinski definition) is 3. The number of nitrogens with one attached hydrogen (secondary N) is 1.